The van der Waals surface area contributed by atoms with Crippen molar-refractivity contribution in [1.29, 1.82) is 0 Å². The maximum atomic E-state index is 12.3. The van der Waals surface area contributed by atoms with E-state index in [2.05, 4.69) is 9.82 Å². The summed E-state index contributed by atoms with van der Waals surface area (Å²) in [5.41, 5.74) is 1.63. The first-order chi connectivity index (χ1) is 10.2. The second kappa shape index (κ2) is 5.41. The van der Waals surface area contributed by atoms with E-state index in [1.54, 1.807) is 55.0 Å². The molecular weight excluding hydrogens is 286 g/mol. The molecule has 0 atom stereocenters. The summed E-state index contributed by atoms with van der Waals surface area (Å²) in [7, 11) is -3.62. The molecule has 0 aliphatic heterocycles. The van der Waals surface area contributed by atoms with Gasteiger partial charge in [0.1, 0.15) is 0 Å². The average molecular weight is 299 g/mol. The molecule has 0 aliphatic carbocycles. The molecule has 6 heteroatoms. The molecule has 3 rings (SSSR count). The standard InChI is InChI=1S/C15H13N3O2S/c19-21(20,14-5-2-1-3-6-14)17-18-12-4-7-15(18)13-8-10-16-11-9-13/h1-12,17H. The maximum Gasteiger partial charge on any atom is 0.275 e. The van der Waals surface area contributed by atoms with Gasteiger partial charge in [0.15, 0.2) is 0 Å². The SMILES string of the molecule is O=S(=O)(Nn1cccc1-c1ccncc1)c1ccccc1. The van der Waals surface area contributed by atoms with Gasteiger partial charge in [-0.15, -0.1) is 0 Å². The molecule has 3 aromatic rings. The molecule has 0 fully saturated rings. The van der Waals surface area contributed by atoms with Gasteiger partial charge in [-0.1, -0.05) is 18.2 Å². The molecule has 0 saturated heterocycles. The third-order valence-electron chi connectivity index (χ3n) is 3.00. The van der Waals surface area contributed by atoms with Crippen LogP contribution in [0.15, 0.2) is 78.1 Å². The first-order valence-electron chi connectivity index (χ1n) is 6.32. The summed E-state index contributed by atoms with van der Waals surface area (Å²) < 4.78 is 26.2. The molecule has 106 valence electrons. The van der Waals surface area contributed by atoms with Gasteiger partial charge in [0.25, 0.3) is 10.0 Å². The summed E-state index contributed by atoms with van der Waals surface area (Å²) in [5, 5.41) is 0. The fraction of sp³-hybridized carbons (Fsp3) is 0. The van der Waals surface area contributed by atoms with Gasteiger partial charge in [0.05, 0.1) is 10.6 Å². The summed E-state index contributed by atoms with van der Waals surface area (Å²) in [4.78, 5) is 6.73. The van der Waals surface area contributed by atoms with Crippen molar-refractivity contribution in [3.05, 3.63) is 73.2 Å². The number of hydrogen-bond donors (Lipinski definition) is 1. The molecule has 0 spiro atoms. The van der Waals surface area contributed by atoms with E-state index in [1.165, 1.54) is 4.68 Å². The lowest BCUT2D eigenvalue weighted by Crippen LogP contribution is -2.23. The van der Waals surface area contributed by atoms with E-state index < -0.39 is 10.0 Å². The number of nitrogens with one attached hydrogen (secondary N) is 1. The summed E-state index contributed by atoms with van der Waals surface area (Å²) in [6.07, 6.45) is 4.99. The van der Waals surface area contributed by atoms with Crippen LogP contribution in [-0.2, 0) is 10.0 Å². The number of hydrogen-bond acceptors (Lipinski definition) is 3. The number of aromatic nitrogens is 2. The average Bonchev–Trinajstić information content (AvgIpc) is 2.96. The van der Waals surface area contributed by atoms with Gasteiger partial charge in [-0.2, -0.15) is 8.42 Å². The number of pyridine rings is 1. The Morgan fingerprint density at radius 1 is 0.905 bits per heavy atom. The first kappa shape index (κ1) is 13.4. The Hall–Kier alpha value is -2.60. The van der Waals surface area contributed by atoms with Crippen molar-refractivity contribution >= 4 is 10.0 Å². The van der Waals surface area contributed by atoms with Crippen LogP contribution in [0.5, 0.6) is 0 Å². The van der Waals surface area contributed by atoms with E-state index in [0.717, 1.165) is 11.3 Å². The van der Waals surface area contributed by atoms with Crippen molar-refractivity contribution in [2.75, 3.05) is 4.83 Å². The van der Waals surface area contributed by atoms with Gasteiger partial charge in [0, 0.05) is 24.2 Å². The fourth-order valence-electron chi connectivity index (χ4n) is 2.00. The largest absolute Gasteiger partial charge is 0.275 e. The fourth-order valence-corrected chi connectivity index (χ4v) is 3.04. The second-order valence-electron chi connectivity index (χ2n) is 4.41. The Morgan fingerprint density at radius 3 is 2.33 bits per heavy atom. The van der Waals surface area contributed by atoms with E-state index in [9.17, 15) is 8.42 Å². The highest BCUT2D eigenvalue weighted by atomic mass is 32.2. The molecule has 0 unspecified atom stereocenters. The van der Waals surface area contributed by atoms with Crippen LogP contribution in [-0.4, -0.2) is 18.1 Å². The normalized spacial score (nSPS) is 11.2. The van der Waals surface area contributed by atoms with Gasteiger partial charge in [0.2, 0.25) is 0 Å². The molecular formula is C15H13N3O2S. The summed E-state index contributed by atoms with van der Waals surface area (Å²) in [6, 6.07) is 15.5. The Kier molecular flexibility index (Phi) is 3.45. The van der Waals surface area contributed by atoms with Gasteiger partial charge in [-0.25, -0.2) is 4.83 Å². The predicted octanol–water partition coefficient (Wildman–Crippen LogP) is 2.48. The van der Waals surface area contributed by atoms with Gasteiger partial charge in [-0.3, -0.25) is 9.66 Å². The zero-order chi connectivity index (χ0) is 14.7. The Morgan fingerprint density at radius 2 is 1.62 bits per heavy atom. The Balaban J connectivity index is 1.96. The van der Waals surface area contributed by atoms with Crippen LogP contribution < -0.4 is 4.83 Å². The maximum absolute atomic E-state index is 12.3. The molecule has 1 N–H and O–H groups in total. The minimum atomic E-state index is -3.62. The molecule has 21 heavy (non-hydrogen) atoms. The van der Waals surface area contributed by atoms with Crippen LogP contribution in [0, 0.1) is 0 Å². The lowest BCUT2D eigenvalue weighted by Gasteiger charge is -2.12. The lowest BCUT2D eigenvalue weighted by atomic mass is 10.2. The molecule has 2 heterocycles. The molecule has 1 aromatic carbocycles. The zero-order valence-corrected chi connectivity index (χ0v) is 11.9. The van der Waals surface area contributed by atoms with Crippen LogP contribution in [0.3, 0.4) is 0 Å². The van der Waals surface area contributed by atoms with Crippen LogP contribution >= 0.6 is 0 Å². The minimum Gasteiger partial charge on any atom is -0.265 e. The van der Waals surface area contributed by atoms with E-state index in [1.807, 2.05) is 18.2 Å². The molecule has 0 radical (unpaired) electrons. The monoisotopic (exact) mass is 299 g/mol. The van der Waals surface area contributed by atoms with Crippen LogP contribution in [0.1, 0.15) is 0 Å². The van der Waals surface area contributed by atoms with Crippen molar-refractivity contribution in [3.8, 4) is 11.3 Å². The summed E-state index contributed by atoms with van der Waals surface area (Å²) in [5.74, 6) is 0. The third-order valence-corrected chi connectivity index (χ3v) is 4.33. The third kappa shape index (κ3) is 2.80. The van der Waals surface area contributed by atoms with Crippen molar-refractivity contribution in [2.45, 2.75) is 4.90 Å². The van der Waals surface area contributed by atoms with E-state index in [0.29, 0.717) is 0 Å². The summed E-state index contributed by atoms with van der Waals surface area (Å²) >= 11 is 0. The zero-order valence-electron chi connectivity index (χ0n) is 11.0. The van der Waals surface area contributed by atoms with Gasteiger partial charge < -0.3 is 0 Å². The molecule has 0 amide bonds. The van der Waals surface area contributed by atoms with Crippen LogP contribution in [0.25, 0.3) is 11.3 Å². The Labute approximate surface area is 122 Å². The Bertz CT molecular complexity index is 828. The molecule has 0 bridgehead atoms. The minimum absolute atomic E-state index is 0.222. The lowest BCUT2D eigenvalue weighted by molar-refractivity contribution is 0.595. The van der Waals surface area contributed by atoms with E-state index in [4.69, 9.17) is 0 Å². The number of nitrogens with zero attached hydrogens (tertiary/aromatic N) is 2. The molecule has 5 nitrogen and oxygen atoms in total. The topological polar surface area (TPSA) is 64.0 Å². The predicted molar refractivity (Wildman–Crippen MR) is 80.7 cm³/mol. The second-order valence-corrected chi connectivity index (χ2v) is 6.07. The summed E-state index contributed by atoms with van der Waals surface area (Å²) in [6.45, 7) is 0. The molecule has 2 aromatic heterocycles. The molecule has 0 saturated carbocycles. The molecule has 0 aliphatic rings. The number of rotatable bonds is 4. The van der Waals surface area contributed by atoms with E-state index in [-0.39, 0.29) is 4.90 Å². The highest BCUT2D eigenvalue weighted by Crippen LogP contribution is 2.19. The number of sulfonamides is 1. The van der Waals surface area contributed by atoms with Gasteiger partial charge in [-0.05, 0) is 36.4 Å². The van der Waals surface area contributed by atoms with Crippen molar-refractivity contribution in [2.24, 2.45) is 0 Å². The smallest absolute Gasteiger partial charge is 0.265 e. The van der Waals surface area contributed by atoms with Crippen LogP contribution in [0.4, 0.5) is 0 Å². The van der Waals surface area contributed by atoms with Crippen molar-refractivity contribution < 1.29 is 8.42 Å². The van der Waals surface area contributed by atoms with Crippen LogP contribution in [0.2, 0.25) is 0 Å². The van der Waals surface area contributed by atoms with Crippen molar-refractivity contribution in [1.82, 2.24) is 9.66 Å². The van der Waals surface area contributed by atoms with Crippen molar-refractivity contribution in [3.63, 3.8) is 0 Å². The first-order valence-corrected chi connectivity index (χ1v) is 7.81. The highest BCUT2D eigenvalue weighted by molar-refractivity contribution is 7.92. The quantitative estimate of drug-likeness (QED) is 0.805. The van der Waals surface area contributed by atoms with E-state index >= 15 is 0 Å². The van der Waals surface area contributed by atoms with Gasteiger partial charge >= 0.3 is 0 Å². The number of benzene rings is 1. The highest BCUT2D eigenvalue weighted by Gasteiger charge is 2.15.